The quantitative estimate of drug-likeness (QED) is 0.0321. The summed E-state index contributed by atoms with van der Waals surface area (Å²) in [5.41, 5.74) is 0. The Balaban J connectivity index is 4.52. The second kappa shape index (κ2) is 51.8. The summed E-state index contributed by atoms with van der Waals surface area (Å²) in [4.78, 5) is 26.2. The summed E-state index contributed by atoms with van der Waals surface area (Å²) < 4.78 is 5.92. The number of rotatable bonds is 50. The van der Waals surface area contributed by atoms with Gasteiger partial charge >= 0.3 is 5.97 Å². The first kappa shape index (κ1) is 61.8. The van der Waals surface area contributed by atoms with Crippen LogP contribution in [0.15, 0.2) is 48.6 Å². The highest BCUT2D eigenvalue weighted by Crippen LogP contribution is 2.18. The SMILES string of the molecule is CC/C=C/C/C=C/C/C=C/CCCCCCCCC(=O)OC(CCC/C=C\CCCCCCCCC)CC(=O)NC(CO)C(O)CCCCCCCCCCCCCCCCCCC. The van der Waals surface area contributed by atoms with Gasteiger partial charge < -0.3 is 20.3 Å². The lowest BCUT2D eigenvalue weighted by Crippen LogP contribution is -2.46. The van der Waals surface area contributed by atoms with E-state index in [0.29, 0.717) is 19.3 Å². The van der Waals surface area contributed by atoms with Crippen LogP contribution in [0.1, 0.15) is 284 Å². The van der Waals surface area contributed by atoms with E-state index in [1.807, 2.05) is 0 Å². The average Bonchev–Trinajstić information content (AvgIpc) is 3.29. The van der Waals surface area contributed by atoms with E-state index >= 15 is 0 Å². The van der Waals surface area contributed by atoms with Crippen LogP contribution in [0.3, 0.4) is 0 Å². The number of unbranched alkanes of at least 4 members (excludes halogenated alkanes) is 30. The lowest BCUT2D eigenvalue weighted by molar-refractivity contribution is -0.151. The maximum Gasteiger partial charge on any atom is 0.306 e. The van der Waals surface area contributed by atoms with Crippen LogP contribution in [0, 0.1) is 0 Å². The van der Waals surface area contributed by atoms with Crippen molar-refractivity contribution >= 4 is 11.9 Å². The number of carbonyl (C=O) groups is 2. The van der Waals surface area contributed by atoms with Gasteiger partial charge in [0.25, 0.3) is 0 Å². The molecular formula is C58H107NO5. The van der Waals surface area contributed by atoms with E-state index in [0.717, 1.165) is 83.5 Å². The third-order valence-corrected chi connectivity index (χ3v) is 12.6. The number of aliphatic hydroxyl groups is 2. The predicted octanol–water partition coefficient (Wildman–Crippen LogP) is 17.0. The zero-order valence-corrected chi connectivity index (χ0v) is 42.7. The molecule has 0 bridgehead atoms. The van der Waals surface area contributed by atoms with Crippen molar-refractivity contribution in [2.45, 2.75) is 302 Å². The molecule has 0 radical (unpaired) electrons. The highest BCUT2D eigenvalue weighted by atomic mass is 16.5. The van der Waals surface area contributed by atoms with Gasteiger partial charge in [-0.25, -0.2) is 0 Å². The number of aliphatic hydroxyl groups excluding tert-OH is 2. The van der Waals surface area contributed by atoms with Gasteiger partial charge in [-0.3, -0.25) is 9.59 Å². The van der Waals surface area contributed by atoms with Gasteiger partial charge in [0, 0.05) is 6.42 Å². The number of allylic oxidation sites excluding steroid dienone is 8. The zero-order chi connectivity index (χ0) is 46.7. The minimum Gasteiger partial charge on any atom is -0.462 e. The molecule has 0 aromatic heterocycles. The molecule has 0 aromatic rings. The minimum absolute atomic E-state index is 0.0524. The number of carbonyl (C=O) groups excluding carboxylic acids is 2. The topological polar surface area (TPSA) is 95.9 Å². The fourth-order valence-electron chi connectivity index (χ4n) is 8.45. The highest BCUT2D eigenvalue weighted by molar-refractivity contribution is 5.77. The summed E-state index contributed by atoms with van der Waals surface area (Å²) in [6.07, 6.45) is 63.2. The molecule has 0 aromatic carbocycles. The summed E-state index contributed by atoms with van der Waals surface area (Å²) in [5, 5.41) is 23.8. The van der Waals surface area contributed by atoms with Crippen LogP contribution < -0.4 is 5.32 Å². The van der Waals surface area contributed by atoms with Crippen molar-refractivity contribution in [3.8, 4) is 0 Å². The summed E-state index contributed by atoms with van der Waals surface area (Å²) >= 11 is 0. The molecule has 6 heteroatoms. The molecule has 6 nitrogen and oxygen atoms in total. The average molecular weight is 898 g/mol. The second-order valence-electron chi connectivity index (χ2n) is 19.0. The Labute approximate surface area is 397 Å². The lowest BCUT2D eigenvalue weighted by atomic mass is 10.0. The number of hydrogen-bond acceptors (Lipinski definition) is 5. The van der Waals surface area contributed by atoms with Gasteiger partial charge in [0.2, 0.25) is 5.91 Å². The highest BCUT2D eigenvalue weighted by Gasteiger charge is 2.24. The van der Waals surface area contributed by atoms with Gasteiger partial charge in [-0.05, 0) is 77.0 Å². The molecule has 0 spiro atoms. The van der Waals surface area contributed by atoms with Crippen LogP contribution in [-0.2, 0) is 14.3 Å². The molecule has 64 heavy (non-hydrogen) atoms. The minimum atomic E-state index is -0.797. The van der Waals surface area contributed by atoms with Crippen molar-refractivity contribution < 1.29 is 24.5 Å². The van der Waals surface area contributed by atoms with Crippen LogP contribution in [0.25, 0.3) is 0 Å². The molecule has 3 atom stereocenters. The first-order chi connectivity index (χ1) is 31.5. The predicted molar refractivity (Wildman–Crippen MR) is 278 cm³/mol. The Kier molecular flexibility index (Phi) is 50.0. The van der Waals surface area contributed by atoms with Crippen molar-refractivity contribution in [1.82, 2.24) is 5.32 Å². The van der Waals surface area contributed by atoms with E-state index in [9.17, 15) is 19.8 Å². The Bertz CT molecular complexity index is 1100. The van der Waals surface area contributed by atoms with Crippen molar-refractivity contribution in [2.75, 3.05) is 6.61 Å². The second-order valence-corrected chi connectivity index (χ2v) is 19.0. The molecule has 0 rings (SSSR count). The van der Waals surface area contributed by atoms with Gasteiger partial charge in [-0.1, -0.05) is 243 Å². The van der Waals surface area contributed by atoms with E-state index in [1.165, 1.54) is 154 Å². The summed E-state index contributed by atoms with van der Waals surface area (Å²) in [6.45, 7) is 6.38. The van der Waals surface area contributed by atoms with E-state index in [4.69, 9.17) is 4.74 Å². The summed E-state index contributed by atoms with van der Waals surface area (Å²) in [6, 6.07) is -0.712. The first-order valence-corrected chi connectivity index (χ1v) is 27.9. The molecule has 0 saturated carbocycles. The van der Waals surface area contributed by atoms with Crippen LogP contribution in [0.4, 0.5) is 0 Å². The van der Waals surface area contributed by atoms with E-state index in [2.05, 4.69) is 74.7 Å². The van der Waals surface area contributed by atoms with Gasteiger partial charge in [0.1, 0.15) is 6.10 Å². The fraction of sp³-hybridized carbons (Fsp3) is 0.828. The molecule has 0 aliphatic carbocycles. The van der Waals surface area contributed by atoms with Gasteiger partial charge in [0.15, 0.2) is 0 Å². The number of esters is 1. The molecule has 1 amide bonds. The molecule has 0 aliphatic rings. The largest absolute Gasteiger partial charge is 0.462 e. The molecule has 0 saturated heterocycles. The van der Waals surface area contributed by atoms with Gasteiger partial charge in [-0.2, -0.15) is 0 Å². The fourth-order valence-corrected chi connectivity index (χ4v) is 8.45. The Morgan fingerprint density at radius 2 is 0.859 bits per heavy atom. The van der Waals surface area contributed by atoms with E-state index in [-0.39, 0.29) is 24.9 Å². The van der Waals surface area contributed by atoms with Crippen molar-refractivity contribution in [1.29, 1.82) is 0 Å². The number of ether oxygens (including phenoxy) is 1. The maximum absolute atomic E-state index is 13.2. The lowest BCUT2D eigenvalue weighted by Gasteiger charge is -2.24. The van der Waals surface area contributed by atoms with Gasteiger partial charge in [0.05, 0.1) is 25.2 Å². The summed E-state index contributed by atoms with van der Waals surface area (Å²) in [5.74, 6) is -0.510. The molecule has 0 aliphatic heterocycles. The Morgan fingerprint density at radius 1 is 0.469 bits per heavy atom. The zero-order valence-electron chi connectivity index (χ0n) is 42.7. The monoisotopic (exact) mass is 898 g/mol. The van der Waals surface area contributed by atoms with Crippen LogP contribution in [0.5, 0.6) is 0 Å². The van der Waals surface area contributed by atoms with Gasteiger partial charge in [-0.15, -0.1) is 0 Å². The summed E-state index contributed by atoms with van der Waals surface area (Å²) in [7, 11) is 0. The molecular weight excluding hydrogens is 791 g/mol. The molecule has 0 fully saturated rings. The van der Waals surface area contributed by atoms with Crippen molar-refractivity contribution in [2.24, 2.45) is 0 Å². The third-order valence-electron chi connectivity index (χ3n) is 12.6. The maximum atomic E-state index is 13.2. The Hall–Kier alpha value is -2.18. The first-order valence-electron chi connectivity index (χ1n) is 27.9. The molecule has 374 valence electrons. The van der Waals surface area contributed by atoms with Crippen molar-refractivity contribution in [3.05, 3.63) is 48.6 Å². The van der Waals surface area contributed by atoms with Crippen LogP contribution in [0.2, 0.25) is 0 Å². The Morgan fingerprint density at radius 3 is 1.33 bits per heavy atom. The van der Waals surface area contributed by atoms with E-state index < -0.39 is 18.2 Å². The van der Waals surface area contributed by atoms with Crippen LogP contribution in [-0.4, -0.2) is 46.9 Å². The molecule has 3 unspecified atom stereocenters. The number of amides is 1. The number of nitrogens with one attached hydrogen (secondary N) is 1. The normalized spacial score (nSPS) is 13.5. The van der Waals surface area contributed by atoms with E-state index in [1.54, 1.807) is 0 Å². The van der Waals surface area contributed by atoms with Crippen LogP contribution >= 0.6 is 0 Å². The standard InChI is InChI=1S/C58H107NO5/c1-4-7-10-13-16-19-22-25-27-29-30-32-35-38-41-44-47-50-56(61)55(53-60)59-57(62)52-54(49-46-43-40-37-34-24-21-18-15-12-9-6-3)64-58(63)51-48-45-42-39-36-33-31-28-26-23-20-17-14-11-8-5-2/h8,11,17,20,26,28,37,40,54-56,60-61H,4-7,9-10,12-16,18-19,21-25,27,29-36,38-39,41-53H2,1-3H3,(H,59,62)/b11-8+,20-17+,28-26+,40-37-. The molecule has 0 heterocycles. The third kappa shape index (κ3) is 46.4. The molecule has 3 N–H and O–H groups in total. The van der Waals surface area contributed by atoms with Crippen molar-refractivity contribution in [3.63, 3.8) is 0 Å². The smallest absolute Gasteiger partial charge is 0.306 e. The number of hydrogen-bond donors (Lipinski definition) is 3.